The van der Waals surface area contributed by atoms with Gasteiger partial charge in [0.25, 0.3) is 0 Å². The Morgan fingerprint density at radius 1 is 1.20 bits per heavy atom. The van der Waals surface area contributed by atoms with Crippen molar-refractivity contribution < 1.29 is 4.74 Å². The van der Waals surface area contributed by atoms with Crippen molar-refractivity contribution in [3.63, 3.8) is 0 Å². The van der Waals surface area contributed by atoms with Crippen LogP contribution < -0.4 is 10.1 Å². The van der Waals surface area contributed by atoms with E-state index in [1.165, 1.54) is 0 Å². The van der Waals surface area contributed by atoms with E-state index in [0.29, 0.717) is 16.9 Å². The fourth-order valence-electron chi connectivity index (χ4n) is 1.81. The molecule has 0 saturated carbocycles. The van der Waals surface area contributed by atoms with Crippen LogP contribution in [0.25, 0.3) is 0 Å². The summed E-state index contributed by atoms with van der Waals surface area (Å²) in [4.78, 5) is 4.33. The van der Waals surface area contributed by atoms with Crippen molar-refractivity contribution >= 4 is 11.6 Å². The molecular weight excluding hydrogens is 272 g/mol. The molecule has 0 aliphatic carbocycles. The number of benzene rings is 1. The molecule has 1 aromatic carbocycles. The number of aromatic nitrogens is 1. The first-order valence-corrected chi connectivity index (χ1v) is 7.19. The minimum absolute atomic E-state index is 0.298. The third kappa shape index (κ3) is 4.22. The Morgan fingerprint density at radius 3 is 2.55 bits per heavy atom. The fraction of sp³-hybridized carbons (Fsp3) is 0.312. The van der Waals surface area contributed by atoms with Crippen LogP contribution in [0.1, 0.15) is 31.9 Å². The van der Waals surface area contributed by atoms with Gasteiger partial charge in [-0.2, -0.15) is 0 Å². The van der Waals surface area contributed by atoms with Gasteiger partial charge in [-0.05, 0) is 49.7 Å². The second-order valence-electron chi connectivity index (χ2n) is 4.66. The van der Waals surface area contributed by atoms with E-state index in [1.54, 1.807) is 12.1 Å². The molecule has 0 amide bonds. The van der Waals surface area contributed by atoms with E-state index < -0.39 is 0 Å². The molecule has 0 bridgehead atoms. The lowest BCUT2D eigenvalue weighted by Gasteiger charge is -2.13. The topological polar surface area (TPSA) is 34.1 Å². The van der Waals surface area contributed by atoms with Crippen molar-refractivity contribution in [1.29, 1.82) is 0 Å². The van der Waals surface area contributed by atoms with Crippen molar-refractivity contribution in [2.24, 2.45) is 0 Å². The highest BCUT2D eigenvalue weighted by Gasteiger charge is 2.05. The van der Waals surface area contributed by atoms with E-state index in [0.717, 1.165) is 24.3 Å². The van der Waals surface area contributed by atoms with Gasteiger partial charge in [0.1, 0.15) is 5.75 Å². The second-order valence-corrected chi connectivity index (χ2v) is 5.10. The summed E-state index contributed by atoms with van der Waals surface area (Å²) in [7, 11) is 0. The molecule has 4 heteroatoms. The standard InChI is InChI=1S/C16H19ClN2O/c1-3-10-18-12(2)13-4-9-16(19-11-13)20-15-7-5-14(17)6-8-15/h4-9,11-12,18H,3,10H2,1-2H3. The van der Waals surface area contributed by atoms with Crippen LogP contribution in [0, 0.1) is 0 Å². The number of halogens is 1. The molecule has 1 N–H and O–H groups in total. The van der Waals surface area contributed by atoms with Crippen LogP contribution in [0.3, 0.4) is 0 Å². The molecule has 1 heterocycles. The quantitative estimate of drug-likeness (QED) is 0.845. The highest BCUT2D eigenvalue weighted by atomic mass is 35.5. The first-order valence-electron chi connectivity index (χ1n) is 6.82. The van der Waals surface area contributed by atoms with Gasteiger partial charge in [0, 0.05) is 23.3 Å². The number of nitrogens with zero attached hydrogens (tertiary/aromatic N) is 1. The van der Waals surface area contributed by atoms with Gasteiger partial charge in [-0.1, -0.05) is 24.6 Å². The SMILES string of the molecule is CCCNC(C)c1ccc(Oc2ccc(Cl)cc2)nc1. The summed E-state index contributed by atoms with van der Waals surface area (Å²) in [5.41, 5.74) is 1.15. The van der Waals surface area contributed by atoms with Crippen LogP contribution in [-0.2, 0) is 0 Å². The lowest BCUT2D eigenvalue weighted by molar-refractivity contribution is 0.461. The number of ether oxygens (including phenoxy) is 1. The van der Waals surface area contributed by atoms with Crippen LogP contribution in [0.4, 0.5) is 0 Å². The van der Waals surface area contributed by atoms with Crippen LogP contribution in [-0.4, -0.2) is 11.5 Å². The second kappa shape index (κ2) is 7.27. The molecule has 2 aromatic rings. The Balaban J connectivity index is 1.99. The third-order valence-electron chi connectivity index (χ3n) is 3.00. The fourth-order valence-corrected chi connectivity index (χ4v) is 1.94. The Labute approximate surface area is 124 Å². The zero-order valence-corrected chi connectivity index (χ0v) is 12.5. The molecule has 106 valence electrons. The highest BCUT2D eigenvalue weighted by molar-refractivity contribution is 6.30. The minimum Gasteiger partial charge on any atom is -0.439 e. The van der Waals surface area contributed by atoms with Gasteiger partial charge in [-0.15, -0.1) is 0 Å². The lowest BCUT2D eigenvalue weighted by Crippen LogP contribution is -2.19. The van der Waals surface area contributed by atoms with Gasteiger partial charge in [0.05, 0.1) is 0 Å². The molecule has 1 aromatic heterocycles. The van der Waals surface area contributed by atoms with Crippen LogP contribution >= 0.6 is 11.6 Å². The zero-order chi connectivity index (χ0) is 14.4. The molecule has 0 aliphatic heterocycles. The highest BCUT2D eigenvalue weighted by Crippen LogP contribution is 2.22. The maximum atomic E-state index is 5.83. The molecule has 0 spiro atoms. The van der Waals surface area contributed by atoms with Gasteiger partial charge in [-0.25, -0.2) is 4.98 Å². The predicted octanol–water partition coefficient (Wildman–Crippen LogP) is 4.59. The summed E-state index contributed by atoms with van der Waals surface area (Å²) in [5, 5.41) is 4.12. The molecule has 20 heavy (non-hydrogen) atoms. The molecular formula is C16H19ClN2O. The monoisotopic (exact) mass is 290 g/mol. The molecule has 3 nitrogen and oxygen atoms in total. The average molecular weight is 291 g/mol. The van der Waals surface area contributed by atoms with Crippen LogP contribution in [0.2, 0.25) is 5.02 Å². The van der Waals surface area contributed by atoms with E-state index in [9.17, 15) is 0 Å². The third-order valence-corrected chi connectivity index (χ3v) is 3.25. The van der Waals surface area contributed by atoms with Crippen molar-refractivity contribution in [3.05, 3.63) is 53.2 Å². The maximum absolute atomic E-state index is 5.83. The van der Waals surface area contributed by atoms with Crippen molar-refractivity contribution in [3.8, 4) is 11.6 Å². The molecule has 0 fully saturated rings. The predicted molar refractivity (Wildman–Crippen MR) is 82.5 cm³/mol. The largest absolute Gasteiger partial charge is 0.439 e. The number of hydrogen-bond donors (Lipinski definition) is 1. The van der Waals surface area contributed by atoms with Gasteiger partial charge in [0.2, 0.25) is 5.88 Å². The Bertz CT molecular complexity index is 525. The number of hydrogen-bond acceptors (Lipinski definition) is 3. The van der Waals surface area contributed by atoms with Crippen molar-refractivity contribution in [2.75, 3.05) is 6.54 Å². The number of rotatable bonds is 6. The molecule has 1 unspecified atom stereocenters. The first-order chi connectivity index (χ1) is 9.69. The lowest BCUT2D eigenvalue weighted by atomic mass is 10.1. The van der Waals surface area contributed by atoms with Gasteiger partial charge >= 0.3 is 0 Å². The average Bonchev–Trinajstić information content (AvgIpc) is 2.48. The Hall–Kier alpha value is -1.58. The Kier molecular flexibility index (Phi) is 5.39. The van der Waals surface area contributed by atoms with E-state index >= 15 is 0 Å². The summed E-state index contributed by atoms with van der Waals surface area (Å²) in [6.07, 6.45) is 2.97. The Morgan fingerprint density at radius 2 is 1.95 bits per heavy atom. The summed E-state index contributed by atoms with van der Waals surface area (Å²) < 4.78 is 5.66. The van der Waals surface area contributed by atoms with E-state index in [2.05, 4.69) is 24.1 Å². The summed E-state index contributed by atoms with van der Waals surface area (Å²) in [5.74, 6) is 1.31. The van der Waals surface area contributed by atoms with Crippen molar-refractivity contribution in [2.45, 2.75) is 26.3 Å². The molecule has 1 atom stereocenters. The summed E-state index contributed by atoms with van der Waals surface area (Å²) in [6, 6.07) is 11.4. The van der Waals surface area contributed by atoms with E-state index in [-0.39, 0.29) is 0 Å². The summed E-state index contributed by atoms with van der Waals surface area (Å²) in [6.45, 7) is 5.29. The zero-order valence-electron chi connectivity index (χ0n) is 11.8. The number of nitrogens with one attached hydrogen (secondary N) is 1. The molecule has 0 radical (unpaired) electrons. The first kappa shape index (κ1) is 14.8. The normalized spacial score (nSPS) is 12.2. The van der Waals surface area contributed by atoms with Crippen LogP contribution in [0.15, 0.2) is 42.6 Å². The van der Waals surface area contributed by atoms with Crippen molar-refractivity contribution in [1.82, 2.24) is 10.3 Å². The van der Waals surface area contributed by atoms with Gasteiger partial charge < -0.3 is 10.1 Å². The van der Waals surface area contributed by atoms with Crippen LogP contribution in [0.5, 0.6) is 11.6 Å². The molecule has 2 rings (SSSR count). The smallest absolute Gasteiger partial charge is 0.219 e. The maximum Gasteiger partial charge on any atom is 0.219 e. The number of pyridine rings is 1. The van der Waals surface area contributed by atoms with E-state index in [4.69, 9.17) is 16.3 Å². The minimum atomic E-state index is 0.298. The summed E-state index contributed by atoms with van der Waals surface area (Å²) >= 11 is 5.83. The van der Waals surface area contributed by atoms with Gasteiger partial charge in [-0.3, -0.25) is 0 Å². The molecule has 0 saturated heterocycles. The molecule has 0 aliphatic rings. The van der Waals surface area contributed by atoms with E-state index in [1.807, 2.05) is 30.5 Å². The van der Waals surface area contributed by atoms with Gasteiger partial charge in [0.15, 0.2) is 0 Å².